The molecule has 51 heavy (non-hydrogen) atoms. The van der Waals surface area contributed by atoms with Gasteiger partial charge >= 0.3 is 0 Å². The Morgan fingerprint density at radius 3 is 1.31 bits per heavy atom. The minimum atomic E-state index is -0.420. The van der Waals surface area contributed by atoms with Gasteiger partial charge in [0.1, 0.15) is 24.6 Å². The van der Waals surface area contributed by atoms with Gasteiger partial charge in [-0.2, -0.15) is 0 Å². The Labute approximate surface area is 303 Å². The normalized spacial score (nSPS) is 20.6. The molecule has 0 unspecified atom stereocenters. The predicted molar refractivity (Wildman–Crippen MR) is 201 cm³/mol. The number of aldehydes is 1. The molecule has 0 amide bonds. The lowest BCUT2D eigenvalue weighted by Crippen LogP contribution is -2.68. The van der Waals surface area contributed by atoms with E-state index in [1.807, 2.05) is 78.9 Å². The van der Waals surface area contributed by atoms with Crippen LogP contribution in [0.1, 0.15) is 47.1 Å². The lowest BCUT2D eigenvalue weighted by molar-refractivity contribution is -0.232. The smallest absolute Gasteiger partial charge is 0.119 e. The van der Waals surface area contributed by atoms with Gasteiger partial charge in [-0.25, -0.2) is 0 Å². The van der Waals surface area contributed by atoms with Crippen molar-refractivity contribution < 1.29 is 23.7 Å². The summed E-state index contributed by atoms with van der Waals surface area (Å²) in [7, 11) is 0. The van der Waals surface area contributed by atoms with Crippen LogP contribution in [0.5, 0.6) is 0 Å². The van der Waals surface area contributed by atoms with E-state index in [0.717, 1.165) is 41.4 Å². The Morgan fingerprint density at radius 2 is 0.863 bits per heavy atom. The van der Waals surface area contributed by atoms with Crippen LogP contribution in [0.4, 0.5) is 0 Å². The average Bonchev–Trinajstić information content (AvgIpc) is 3.19. The maximum atomic E-state index is 11.6. The molecule has 1 saturated heterocycles. The summed E-state index contributed by atoms with van der Waals surface area (Å²) < 4.78 is 27.6. The summed E-state index contributed by atoms with van der Waals surface area (Å²) in [6.45, 7) is 2.86. The molecule has 6 nitrogen and oxygen atoms in total. The van der Waals surface area contributed by atoms with Gasteiger partial charge in [0.2, 0.25) is 0 Å². The number of likely N-dealkylation sites (tertiary alicyclic amines) is 1. The van der Waals surface area contributed by atoms with E-state index in [9.17, 15) is 4.79 Å². The van der Waals surface area contributed by atoms with Crippen LogP contribution in [0.25, 0.3) is 0 Å². The standard InChI is InChI=1S/C45H49NO5/c47-29-17-16-28-41-43(49-32-38-22-10-3-11-23-38)45(51-34-40-26-14-5-15-27-40)44(50-33-39-24-12-4-13-25-39)42(35-48-31-37-20-8-2-9-21-37)46(41)30-36-18-6-1-7-19-36/h1-15,18-27,29,41-45H,16-17,28,30-35H2/t41-,42-,43+,44-,45-/m1/s1. The highest BCUT2D eigenvalue weighted by Crippen LogP contribution is 2.36. The summed E-state index contributed by atoms with van der Waals surface area (Å²) in [5.74, 6) is 0. The van der Waals surface area contributed by atoms with Crippen LogP contribution in [0.15, 0.2) is 152 Å². The van der Waals surface area contributed by atoms with Crippen molar-refractivity contribution in [3.05, 3.63) is 179 Å². The molecule has 5 atom stereocenters. The zero-order valence-electron chi connectivity index (χ0n) is 29.3. The first kappa shape index (κ1) is 36.4. The summed E-state index contributed by atoms with van der Waals surface area (Å²) in [6, 6.07) is 51.4. The minimum Gasteiger partial charge on any atom is -0.375 e. The van der Waals surface area contributed by atoms with E-state index in [1.165, 1.54) is 5.56 Å². The molecule has 0 aliphatic carbocycles. The molecular weight excluding hydrogens is 634 g/mol. The fourth-order valence-corrected chi connectivity index (χ4v) is 6.98. The van der Waals surface area contributed by atoms with Crippen LogP contribution in [-0.4, -0.2) is 48.2 Å². The first-order valence-corrected chi connectivity index (χ1v) is 18.1. The molecule has 5 aromatic carbocycles. The molecule has 6 heteroatoms. The van der Waals surface area contributed by atoms with E-state index in [0.29, 0.717) is 46.0 Å². The summed E-state index contributed by atoms with van der Waals surface area (Å²) in [4.78, 5) is 14.2. The quantitative estimate of drug-likeness (QED) is 0.0642. The van der Waals surface area contributed by atoms with Gasteiger partial charge in [-0.1, -0.05) is 152 Å². The molecule has 6 rings (SSSR count). The van der Waals surface area contributed by atoms with Gasteiger partial charge in [-0.15, -0.1) is 0 Å². The maximum absolute atomic E-state index is 11.6. The van der Waals surface area contributed by atoms with Crippen LogP contribution in [0.2, 0.25) is 0 Å². The van der Waals surface area contributed by atoms with Crippen molar-refractivity contribution in [3.8, 4) is 0 Å². The van der Waals surface area contributed by atoms with Gasteiger partial charge in [0.05, 0.1) is 39.1 Å². The highest BCUT2D eigenvalue weighted by Gasteiger charge is 2.51. The Balaban J connectivity index is 1.40. The molecule has 0 aromatic heterocycles. The second kappa shape index (κ2) is 19.8. The number of carbonyl (C=O) groups excluding carboxylic acids is 1. The van der Waals surface area contributed by atoms with Gasteiger partial charge in [-0.3, -0.25) is 4.90 Å². The second-order valence-corrected chi connectivity index (χ2v) is 13.2. The molecule has 1 fully saturated rings. The topological polar surface area (TPSA) is 57.2 Å². The van der Waals surface area contributed by atoms with Crippen molar-refractivity contribution in [3.63, 3.8) is 0 Å². The maximum Gasteiger partial charge on any atom is 0.119 e. The highest BCUT2D eigenvalue weighted by molar-refractivity contribution is 5.49. The Bertz CT molecular complexity index is 1670. The largest absolute Gasteiger partial charge is 0.375 e. The second-order valence-electron chi connectivity index (χ2n) is 13.2. The molecule has 5 aromatic rings. The zero-order chi connectivity index (χ0) is 34.9. The lowest BCUT2D eigenvalue weighted by Gasteiger charge is -2.53. The predicted octanol–water partition coefficient (Wildman–Crippen LogP) is 8.58. The molecule has 1 aliphatic rings. The number of hydrogen-bond acceptors (Lipinski definition) is 6. The zero-order valence-corrected chi connectivity index (χ0v) is 29.3. The third kappa shape index (κ3) is 10.8. The lowest BCUT2D eigenvalue weighted by atomic mass is 9.84. The van der Waals surface area contributed by atoms with Gasteiger partial charge in [-0.05, 0) is 40.7 Å². The monoisotopic (exact) mass is 683 g/mol. The minimum absolute atomic E-state index is 0.0726. The van der Waals surface area contributed by atoms with Crippen LogP contribution < -0.4 is 0 Å². The number of carbonyl (C=O) groups is 1. The highest BCUT2D eigenvalue weighted by atomic mass is 16.6. The van der Waals surface area contributed by atoms with Crippen LogP contribution >= 0.6 is 0 Å². The third-order valence-corrected chi connectivity index (χ3v) is 9.54. The molecule has 0 radical (unpaired) electrons. The molecule has 0 saturated carbocycles. The Morgan fingerprint density at radius 1 is 0.471 bits per heavy atom. The average molecular weight is 684 g/mol. The number of benzene rings is 5. The molecule has 1 heterocycles. The number of nitrogens with zero attached hydrogens (tertiary/aromatic N) is 1. The van der Waals surface area contributed by atoms with Crippen LogP contribution in [-0.2, 0) is 56.7 Å². The third-order valence-electron chi connectivity index (χ3n) is 9.54. The SMILES string of the molecule is O=CCCC[C@@H]1[C@H](OCc2ccccc2)[C@@H](OCc2ccccc2)[C@H](OCc2ccccc2)[C@@H](COCc2ccccc2)N1Cc1ccccc1. The Hall–Kier alpha value is -4.43. The van der Waals surface area contributed by atoms with Gasteiger partial charge in [0.15, 0.2) is 0 Å². The van der Waals surface area contributed by atoms with Gasteiger partial charge in [0, 0.05) is 19.0 Å². The van der Waals surface area contributed by atoms with E-state index in [1.54, 1.807) is 0 Å². The van der Waals surface area contributed by atoms with E-state index in [4.69, 9.17) is 18.9 Å². The first-order valence-electron chi connectivity index (χ1n) is 18.1. The van der Waals surface area contributed by atoms with E-state index in [2.05, 4.69) is 77.7 Å². The van der Waals surface area contributed by atoms with Crippen molar-refractivity contribution in [1.82, 2.24) is 4.90 Å². The van der Waals surface area contributed by atoms with Crippen molar-refractivity contribution in [2.24, 2.45) is 0 Å². The number of rotatable bonds is 19. The van der Waals surface area contributed by atoms with Gasteiger partial charge < -0.3 is 23.7 Å². The number of ether oxygens (including phenoxy) is 4. The fraction of sp³-hybridized carbons (Fsp3) is 0.311. The van der Waals surface area contributed by atoms with Crippen molar-refractivity contribution >= 4 is 6.29 Å². The molecule has 264 valence electrons. The summed E-state index contributed by atoms with van der Waals surface area (Å²) >= 11 is 0. The van der Waals surface area contributed by atoms with Crippen molar-refractivity contribution in [2.45, 2.75) is 82.6 Å². The van der Waals surface area contributed by atoms with E-state index < -0.39 is 12.2 Å². The number of hydrogen-bond donors (Lipinski definition) is 0. The van der Waals surface area contributed by atoms with E-state index >= 15 is 0 Å². The fourth-order valence-electron chi connectivity index (χ4n) is 6.98. The number of piperidine rings is 1. The molecular formula is C45H49NO5. The molecule has 0 N–H and O–H groups in total. The summed E-state index contributed by atoms with van der Waals surface area (Å²) in [5.41, 5.74) is 5.58. The number of unbranched alkanes of at least 4 members (excludes halogenated alkanes) is 1. The van der Waals surface area contributed by atoms with Crippen molar-refractivity contribution in [2.75, 3.05) is 6.61 Å². The molecule has 1 aliphatic heterocycles. The van der Waals surface area contributed by atoms with Crippen LogP contribution in [0, 0.1) is 0 Å². The Kier molecular flexibility index (Phi) is 14.1. The molecule has 0 bridgehead atoms. The van der Waals surface area contributed by atoms with Gasteiger partial charge in [0.25, 0.3) is 0 Å². The molecule has 0 spiro atoms. The first-order chi connectivity index (χ1) is 25.3. The van der Waals surface area contributed by atoms with Crippen LogP contribution in [0.3, 0.4) is 0 Å². The summed E-state index contributed by atoms with van der Waals surface area (Å²) in [5, 5.41) is 0. The summed E-state index contributed by atoms with van der Waals surface area (Å²) in [6.07, 6.45) is 1.84. The van der Waals surface area contributed by atoms with Crippen molar-refractivity contribution in [1.29, 1.82) is 0 Å². The van der Waals surface area contributed by atoms with E-state index in [-0.39, 0.29) is 18.2 Å².